The number of carbonyl (C=O) groups is 1. The molecule has 0 spiro atoms. The van der Waals surface area contributed by atoms with E-state index in [1.165, 1.54) is 10.8 Å². The molecule has 1 unspecified atom stereocenters. The molecule has 4 aromatic heterocycles. The molecule has 2 aliphatic rings. The molecule has 41 heavy (non-hydrogen) atoms. The molecule has 1 atom stereocenters. The Hall–Kier alpha value is -4.58. The summed E-state index contributed by atoms with van der Waals surface area (Å²) in [6.07, 6.45) is 6.66. The van der Waals surface area contributed by atoms with E-state index in [0.717, 1.165) is 32.0 Å². The molecule has 2 fully saturated rings. The van der Waals surface area contributed by atoms with Gasteiger partial charge < -0.3 is 24.9 Å². The first-order valence-electron chi connectivity index (χ1n) is 13.5. The van der Waals surface area contributed by atoms with E-state index in [0.29, 0.717) is 63.8 Å². The van der Waals surface area contributed by atoms with Crippen molar-refractivity contribution in [2.24, 2.45) is 7.05 Å². The molecule has 10 nitrogen and oxygen atoms in total. The third-order valence-corrected chi connectivity index (χ3v) is 8.49. The highest BCUT2D eigenvalue weighted by atomic mass is 19.2. The van der Waals surface area contributed by atoms with Gasteiger partial charge in [-0.1, -0.05) is 0 Å². The van der Waals surface area contributed by atoms with Gasteiger partial charge in [0, 0.05) is 75.6 Å². The number of hydrogen-bond acceptors (Lipinski definition) is 7. The number of nitrogens with zero attached hydrogens (tertiary/aromatic N) is 5. The van der Waals surface area contributed by atoms with Gasteiger partial charge in [-0.05, 0) is 25.5 Å². The standard InChI is InChI=1S/C29H27F2N7O3/c1-32-20-9-19(30)23(31)21-22-25(38-7-6-37-5-3-4-15(37)12-38)17(11-33-27(22)35-24(20)21)14-8-16-26(39)18(29(40)41)13-36(2)28(16)34-10-14/h8-11,13,15,32H,3-7,12H2,1-2H3,(H,33,35)(H,40,41). The Morgan fingerprint density at radius 1 is 1.15 bits per heavy atom. The number of aryl methyl sites for hydroxylation is 1. The third-order valence-electron chi connectivity index (χ3n) is 8.49. The third kappa shape index (κ3) is 3.77. The normalized spacial score (nSPS) is 17.6. The van der Waals surface area contributed by atoms with Crippen LogP contribution >= 0.6 is 0 Å². The molecule has 0 saturated carbocycles. The summed E-state index contributed by atoms with van der Waals surface area (Å²) in [6, 6.07) is 3.06. The Bertz CT molecular complexity index is 1970. The Kier molecular flexibility index (Phi) is 5.72. The molecular formula is C29H27F2N7O3. The maximum Gasteiger partial charge on any atom is 0.341 e. The van der Waals surface area contributed by atoms with Gasteiger partial charge in [-0.15, -0.1) is 0 Å². The fraction of sp³-hybridized carbons (Fsp3) is 0.310. The van der Waals surface area contributed by atoms with Gasteiger partial charge in [0.15, 0.2) is 11.6 Å². The molecule has 2 saturated heterocycles. The topological polar surface area (TPSA) is 119 Å². The maximum atomic E-state index is 15.6. The summed E-state index contributed by atoms with van der Waals surface area (Å²) < 4.78 is 32.0. The molecular weight excluding hydrogens is 532 g/mol. The second-order valence-corrected chi connectivity index (χ2v) is 10.8. The second-order valence-electron chi connectivity index (χ2n) is 10.8. The zero-order valence-corrected chi connectivity index (χ0v) is 22.5. The van der Waals surface area contributed by atoms with Crippen LogP contribution in [0, 0.1) is 11.6 Å². The largest absolute Gasteiger partial charge is 0.477 e. The van der Waals surface area contributed by atoms with Gasteiger partial charge in [-0.2, -0.15) is 0 Å². The number of benzene rings is 1. The highest BCUT2D eigenvalue weighted by Gasteiger charge is 2.33. The number of carboxylic acids is 1. The average molecular weight is 560 g/mol. The van der Waals surface area contributed by atoms with Crippen molar-refractivity contribution >= 4 is 50.3 Å². The van der Waals surface area contributed by atoms with Crippen LogP contribution in [0.25, 0.3) is 44.1 Å². The Balaban J connectivity index is 1.54. The van der Waals surface area contributed by atoms with Gasteiger partial charge in [0.05, 0.1) is 33.1 Å². The lowest BCUT2D eigenvalue weighted by atomic mass is 9.99. The van der Waals surface area contributed by atoms with Gasteiger partial charge >= 0.3 is 5.97 Å². The summed E-state index contributed by atoms with van der Waals surface area (Å²) in [7, 11) is 3.27. The lowest BCUT2D eigenvalue weighted by molar-refractivity contribution is 0.0695. The van der Waals surface area contributed by atoms with Crippen molar-refractivity contribution in [3.63, 3.8) is 0 Å². The molecule has 12 heteroatoms. The number of H-pyrrole nitrogens is 1. The van der Waals surface area contributed by atoms with Crippen LogP contribution in [0.15, 0.2) is 35.5 Å². The monoisotopic (exact) mass is 559 g/mol. The number of carboxylic acid groups (broad SMARTS) is 1. The Labute approximate surface area is 232 Å². The number of nitrogens with one attached hydrogen (secondary N) is 2. The van der Waals surface area contributed by atoms with Crippen molar-refractivity contribution in [1.82, 2.24) is 24.4 Å². The maximum absolute atomic E-state index is 15.6. The van der Waals surface area contributed by atoms with Crippen molar-refractivity contribution in [3.05, 3.63) is 58.1 Å². The average Bonchev–Trinajstić information content (AvgIpc) is 3.60. The molecule has 2 aliphatic heterocycles. The van der Waals surface area contributed by atoms with Crippen molar-refractivity contribution in [2.75, 3.05) is 43.4 Å². The van der Waals surface area contributed by atoms with E-state index in [9.17, 15) is 19.1 Å². The van der Waals surface area contributed by atoms with Gasteiger partial charge in [-0.3, -0.25) is 9.69 Å². The van der Waals surface area contributed by atoms with Gasteiger partial charge in [0.2, 0.25) is 5.43 Å². The highest BCUT2D eigenvalue weighted by Crippen LogP contribution is 2.44. The van der Waals surface area contributed by atoms with E-state index in [-0.39, 0.29) is 16.3 Å². The minimum atomic E-state index is -1.33. The van der Waals surface area contributed by atoms with Gasteiger partial charge in [-0.25, -0.2) is 23.5 Å². The first kappa shape index (κ1) is 25.4. The molecule has 7 rings (SSSR count). The smallest absolute Gasteiger partial charge is 0.341 e. The Morgan fingerprint density at radius 3 is 2.76 bits per heavy atom. The molecule has 0 bridgehead atoms. The number of pyridine rings is 3. The summed E-state index contributed by atoms with van der Waals surface area (Å²) in [4.78, 5) is 41.9. The van der Waals surface area contributed by atoms with Crippen molar-refractivity contribution in [1.29, 1.82) is 0 Å². The number of aromatic nitrogens is 4. The summed E-state index contributed by atoms with van der Waals surface area (Å²) in [6.45, 7) is 3.23. The number of aromatic amines is 1. The van der Waals surface area contributed by atoms with Crippen LogP contribution in [-0.4, -0.2) is 74.8 Å². The first-order valence-corrected chi connectivity index (χ1v) is 13.5. The summed E-state index contributed by atoms with van der Waals surface area (Å²) in [5, 5.41) is 13.2. The van der Waals surface area contributed by atoms with Crippen molar-refractivity contribution in [2.45, 2.75) is 18.9 Å². The van der Waals surface area contributed by atoms with Crippen LogP contribution in [-0.2, 0) is 7.05 Å². The lowest BCUT2D eigenvalue weighted by Gasteiger charge is -2.40. The number of aromatic carboxylic acids is 1. The summed E-state index contributed by atoms with van der Waals surface area (Å²) in [5.41, 5.74) is 2.33. The number of fused-ring (bicyclic) bond motifs is 5. The molecule has 0 amide bonds. The van der Waals surface area contributed by atoms with Crippen LogP contribution in [0.5, 0.6) is 0 Å². The van der Waals surface area contributed by atoms with E-state index < -0.39 is 23.0 Å². The van der Waals surface area contributed by atoms with Gasteiger partial charge in [0.1, 0.15) is 16.9 Å². The Morgan fingerprint density at radius 2 is 1.98 bits per heavy atom. The molecule has 0 radical (unpaired) electrons. The predicted octanol–water partition coefficient (Wildman–Crippen LogP) is 3.93. The number of piperazine rings is 1. The van der Waals surface area contributed by atoms with Crippen LogP contribution in [0.2, 0.25) is 0 Å². The minimum absolute atomic E-state index is 0.0976. The fourth-order valence-corrected chi connectivity index (χ4v) is 6.54. The van der Waals surface area contributed by atoms with Crippen LogP contribution in [0.1, 0.15) is 23.2 Å². The van der Waals surface area contributed by atoms with E-state index >= 15 is 4.39 Å². The number of rotatable bonds is 4. The molecule has 3 N–H and O–H groups in total. The van der Waals surface area contributed by atoms with E-state index in [1.807, 2.05) is 0 Å². The predicted molar refractivity (Wildman–Crippen MR) is 153 cm³/mol. The van der Waals surface area contributed by atoms with Crippen LogP contribution in [0.4, 0.5) is 20.2 Å². The minimum Gasteiger partial charge on any atom is -0.477 e. The SMILES string of the molecule is CNc1cc(F)c(F)c2c1[nH]c1ncc(-c3cnc4c(c3)c(=O)c(C(=O)O)cn4C)c(N3CCN4CCCC4C3)c12. The molecule has 6 heterocycles. The van der Waals surface area contributed by atoms with E-state index in [4.69, 9.17) is 0 Å². The number of halogens is 2. The fourth-order valence-electron chi connectivity index (χ4n) is 6.54. The summed E-state index contributed by atoms with van der Waals surface area (Å²) >= 11 is 0. The first-order chi connectivity index (χ1) is 19.8. The second kappa shape index (κ2) is 9.23. The van der Waals surface area contributed by atoms with Crippen LogP contribution in [0.3, 0.4) is 0 Å². The molecule has 5 aromatic rings. The van der Waals surface area contributed by atoms with E-state index in [2.05, 4.69) is 30.1 Å². The highest BCUT2D eigenvalue weighted by molar-refractivity contribution is 6.18. The number of hydrogen-bond donors (Lipinski definition) is 3. The molecule has 210 valence electrons. The van der Waals surface area contributed by atoms with Crippen molar-refractivity contribution < 1.29 is 18.7 Å². The van der Waals surface area contributed by atoms with Gasteiger partial charge in [0.25, 0.3) is 0 Å². The van der Waals surface area contributed by atoms with Crippen molar-refractivity contribution in [3.8, 4) is 11.1 Å². The lowest BCUT2D eigenvalue weighted by Crippen LogP contribution is -2.50. The molecule has 0 aliphatic carbocycles. The van der Waals surface area contributed by atoms with E-state index in [1.54, 1.807) is 32.6 Å². The number of anilines is 2. The zero-order valence-electron chi connectivity index (χ0n) is 22.5. The quantitative estimate of drug-likeness (QED) is 0.303. The van der Waals surface area contributed by atoms with Crippen LogP contribution < -0.4 is 15.6 Å². The summed E-state index contributed by atoms with van der Waals surface area (Å²) in [5.74, 6) is -3.27. The molecule has 1 aromatic carbocycles. The zero-order chi connectivity index (χ0) is 28.6.